The van der Waals surface area contributed by atoms with E-state index in [9.17, 15) is 0 Å². The van der Waals surface area contributed by atoms with E-state index in [1.54, 1.807) is 6.26 Å². The van der Waals surface area contributed by atoms with Gasteiger partial charge in [-0.05, 0) is 25.3 Å². The van der Waals surface area contributed by atoms with Gasteiger partial charge in [-0.2, -0.15) is 0 Å². The average molecular weight is 208 g/mol. The van der Waals surface area contributed by atoms with Crippen LogP contribution in [0.3, 0.4) is 0 Å². The second-order valence-electron chi connectivity index (χ2n) is 4.69. The van der Waals surface area contributed by atoms with Gasteiger partial charge in [0.1, 0.15) is 0 Å². The zero-order chi connectivity index (χ0) is 10.8. The average Bonchev–Trinajstić information content (AvgIpc) is 2.79. The van der Waals surface area contributed by atoms with Crippen LogP contribution < -0.4 is 5.73 Å². The molecule has 3 atom stereocenters. The Balaban J connectivity index is 2.13. The van der Waals surface area contributed by atoms with Crippen LogP contribution in [0.2, 0.25) is 0 Å². The van der Waals surface area contributed by atoms with Crippen molar-refractivity contribution < 1.29 is 4.42 Å². The lowest BCUT2D eigenvalue weighted by atomic mass is 10.1. The molecular formula is C12H20N2O. The second-order valence-corrected chi connectivity index (χ2v) is 4.69. The maximum atomic E-state index is 5.87. The predicted octanol–water partition coefficient (Wildman–Crippen LogP) is 2.01. The summed E-state index contributed by atoms with van der Waals surface area (Å²) in [5.74, 6) is 0.779. The van der Waals surface area contributed by atoms with Crippen molar-refractivity contribution in [1.29, 1.82) is 0 Å². The first-order valence-electron chi connectivity index (χ1n) is 5.70. The molecule has 0 saturated carbocycles. The Kier molecular flexibility index (Phi) is 3.12. The van der Waals surface area contributed by atoms with Crippen LogP contribution in [0.15, 0.2) is 23.0 Å². The van der Waals surface area contributed by atoms with Gasteiger partial charge in [0.15, 0.2) is 0 Å². The molecule has 0 aliphatic carbocycles. The van der Waals surface area contributed by atoms with Gasteiger partial charge >= 0.3 is 0 Å². The summed E-state index contributed by atoms with van der Waals surface area (Å²) in [6.07, 6.45) is 4.81. The van der Waals surface area contributed by atoms with E-state index in [-0.39, 0.29) is 0 Å². The Labute approximate surface area is 91.2 Å². The normalized spacial score (nSPS) is 29.5. The third kappa shape index (κ3) is 2.08. The molecule has 2 N–H and O–H groups in total. The molecule has 1 aliphatic rings. The first kappa shape index (κ1) is 10.7. The van der Waals surface area contributed by atoms with Crippen LogP contribution in [0.1, 0.15) is 31.9 Å². The lowest BCUT2D eigenvalue weighted by Crippen LogP contribution is -2.36. The van der Waals surface area contributed by atoms with Gasteiger partial charge in [0.2, 0.25) is 0 Å². The molecule has 0 amide bonds. The number of furan rings is 1. The van der Waals surface area contributed by atoms with Gasteiger partial charge in [-0.25, -0.2) is 0 Å². The molecule has 0 bridgehead atoms. The van der Waals surface area contributed by atoms with Gasteiger partial charge in [0.25, 0.3) is 0 Å². The van der Waals surface area contributed by atoms with Crippen LogP contribution in [-0.4, -0.2) is 24.0 Å². The molecule has 1 aromatic rings. The monoisotopic (exact) mass is 208 g/mol. The van der Waals surface area contributed by atoms with Crippen molar-refractivity contribution in [3.8, 4) is 0 Å². The standard InChI is InChI=1S/C12H20N2O/c1-9-5-10(2)14(7-9)12(6-13)11-3-4-15-8-11/h3-4,8-10,12H,5-7,13H2,1-2H3. The van der Waals surface area contributed by atoms with Crippen molar-refractivity contribution in [1.82, 2.24) is 4.90 Å². The van der Waals surface area contributed by atoms with Crippen molar-refractivity contribution in [3.63, 3.8) is 0 Å². The highest BCUT2D eigenvalue weighted by Crippen LogP contribution is 2.31. The third-order valence-electron chi connectivity index (χ3n) is 3.38. The highest BCUT2D eigenvalue weighted by Gasteiger charge is 2.32. The Morgan fingerprint density at radius 3 is 2.87 bits per heavy atom. The van der Waals surface area contributed by atoms with Gasteiger partial charge in [-0.1, -0.05) is 6.92 Å². The van der Waals surface area contributed by atoms with Crippen molar-refractivity contribution in [2.45, 2.75) is 32.4 Å². The van der Waals surface area contributed by atoms with E-state index in [4.69, 9.17) is 10.2 Å². The summed E-state index contributed by atoms with van der Waals surface area (Å²) >= 11 is 0. The molecule has 84 valence electrons. The summed E-state index contributed by atoms with van der Waals surface area (Å²) in [7, 11) is 0. The van der Waals surface area contributed by atoms with Crippen LogP contribution in [0.5, 0.6) is 0 Å². The SMILES string of the molecule is CC1CC(C)N(C(CN)c2ccoc2)C1. The maximum absolute atomic E-state index is 5.87. The fraction of sp³-hybridized carbons (Fsp3) is 0.667. The molecule has 1 aromatic heterocycles. The van der Waals surface area contributed by atoms with Gasteiger partial charge in [0, 0.05) is 24.7 Å². The third-order valence-corrected chi connectivity index (χ3v) is 3.38. The number of likely N-dealkylation sites (tertiary alicyclic amines) is 1. The fourth-order valence-electron chi connectivity index (χ4n) is 2.69. The highest BCUT2D eigenvalue weighted by atomic mass is 16.3. The summed E-state index contributed by atoms with van der Waals surface area (Å²) < 4.78 is 5.14. The van der Waals surface area contributed by atoms with E-state index < -0.39 is 0 Å². The predicted molar refractivity (Wildman–Crippen MR) is 60.5 cm³/mol. The molecule has 0 aromatic carbocycles. The minimum atomic E-state index is 0.323. The van der Waals surface area contributed by atoms with Gasteiger partial charge in [-0.3, -0.25) is 4.90 Å². The van der Waals surface area contributed by atoms with Gasteiger partial charge in [-0.15, -0.1) is 0 Å². The maximum Gasteiger partial charge on any atom is 0.0950 e. The molecule has 0 spiro atoms. The topological polar surface area (TPSA) is 42.4 Å². The van der Waals surface area contributed by atoms with Crippen molar-refractivity contribution in [2.24, 2.45) is 11.7 Å². The van der Waals surface area contributed by atoms with Gasteiger partial charge in [0.05, 0.1) is 18.6 Å². The Morgan fingerprint density at radius 2 is 2.40 bits per heavy atom. The first-order valence-corrected chi connectivity index (χ1v) is 5.70. The van der Waals surface area contributed by atoms with Crippen LogP contribution in [0, 0.1) is 5.92 Å². The first-order chi connectivity index (χ1) is 7.22. The van der Waals surface area contributed by atoms with Gasteiger partial charge < -0.3 is 10.2 Å². The molecule has 1 fully saturated rings. The Hall–Kier alpha value is -0.800. The number of hydrogen-bond acceptors (Lipinski definition) is 3. The summed E-state index contributed by atoms with van der Waals surface area (Å²) in [6.45, 7) is 6.40. The molecule has 3 nitrogen and oxygen atoms in total. The number of hydrogen-bond donors (Lipinski definition) is 1. The van der Waals surface area contributed by atoms with Crippen molar-refractivity contribution in [3.05, 3.63) is 24.2 Å². The number of nitrogens with zero attached hydrogens (tertiary/aromatic N) is 1. The van der Waals surface area contributed by atoms with E-state index in [0.29, 0.717) is 18.6 Å². The summed E-state index contributed by atoms with van der Waals surface area (Å²) in [5.41, 5.74) is 7.08. The Morgan fingerprint density at radius 1 is 1.60 bits per heavy atom. The molecule has 15 heavy (non-hydrogen) atoms. The van der Waals surface area contributed by atoms with E-state index in [0.717, 1.165) is 12.5 Å². The van der Waals surface area contributed by atoms with Crippen molar-refractivity contribution >= 4 is 0 Å². The lowest BCUT2D eigenvalue weighted by Gasteiger charge is -2.29. The summed E-state index contributed by atoms with van der Waals surface area (Å²) in [6, 6.07) is 2.97. The minimum absolute atomic E-state index is 0.323. The number of rotatable bonds is 3. The van der Waals surface area contributed by atoms with E-state index in [2.05, 4.69) is 18.7 Å². The zero-order valence-corrected chi connectivity index (χ0v) is 9.52. The molecule has 1 aliphatic heterocycles. The summed E-state index contributed by atoms with van der Waals surface area (Å²) in [4.78, 5) is 2.50. The van der Waals surface area contributed by atoms with E-state index in [1.807, 2.05) is 12.3 Å². The molecule has 3 unspecified atom stereocenters. The van der Waals surface area contributed by atoms with Crippen molar-refractivity contribution in [2.75, 3.05) is 13.1 Å². The number of nitrogens with two attached hydrogens (primary N) is 1. The van der Waals surface area contributed by atoms with Crippen LogP contribution in [0.4, 0.5) is 0 Å². The van der Waals surface area contributed by atoms with Crippen LogP contribution in [-0.2, 0) is 0 Å². The van der Waals surface area contributed by atoms with Crippen LogP contribution >= 0.6 is 0 Å². The molecular weight excluding hydrogens is 188 g/mol. The smallest absolute Gasteiger partial charge is 0.0950 e. The quantitative estimate of drug-likeness (QED) is 0.826. The largest absolute Gasteiger partial charge is 0.472 e. The van der Waals surface area contributed by atoms with Crippen LogP contribution in [0.25, 0.3) is 0 Å². The Bertz CT molecular complexity index is 297. The molecule has 1 saturated heterocycles. The molecule has 2 rings (SSSR count). The lowest BCUT2D eigenvalue weighted by molar-refractivity contribution is 0.191. The highest BCUT2D eigenvalue weighted by molar-refractivity contribution is 5.13. The van der Waals surface area contributed by atoms with E-state index in [1.165, 1.54) is 12.0 Å². The minimum Gasteiger partial charge on any atom is -0.472 e. The summed E-state index contributed by atoms with van der Waals surface area (Å²) in [5, 5.41) is 0. The zero-order valence-electron chi connectivity index (χ0n) is 9.52. The van der Waals surface area contributed by atoms with E-state index >= 15 is 0 Å². The second kappa shape index (κ2) is 4.37. The molecule has 0 radical (unpaired) electrons. The molecule has 2 heterocycles. The molecule has 3 heteroatoms. The fourth-order valence-corrected chi connectivity index (χ4v) is 2.69.